The topological polar surface area (TPSA) is 30.3 Å². The quantitative estimate of drug-likeness (QED) is 0.781. The molecule has 1 aliphatic rings. The summed E-state index contributed by atoms with van der Waals surface area (Å²) in [6.45, 7) is 4.71. The van der Waals surface area contributed by atoms with E-state index in [4.69, 9.17) is 4.74 Å². The summed E-state index contributed by atoms with van der Waals surface area (Å²) < 4.78 is 20.4. The Morgan fingerprint density at radius 3 is 2.92 bits per heavy atom. The Morgan fingerprint density at radius 2 is 2.12 bits per heavy atom. The average Bonchev–Trinajstić information content (AvgIpc) is 3.02. The van der Waals surface area contributed by atoms with Crippen molar-refractivity contribution in [3.63, 3.8) is 0 Å². The van der Waals surface area contributed by atoms with Crippen molar-refractivity contribution in [1.29, 1.82) is 0 Å². The standard InChI is InChI=1S/C19H26FN3O/c1-24-10-9-23-15-21-12-19(23)14-22-8-2-3-17(13-22)11-16-4-6-18(20)7-5-16/h4-7,12,15,17H,2-3,8-11,13-14H2,1H3/t17-/m0/s1. The number of piperidine rings is 1. The van der Waals surface area contributed by atoms with Gasteiger partial charge in [0.15, 0.2) is 0 Å². The van der Waals surface area contributed by atoms with Crippen LogP contribution in [0.25, 0.3) is 0 Å². The molecule has 0 bridgehead atoms. The highest BCUT2D eigenvalue weighted by molar-refractivity contribution is 5.16. The Labute approximate surface area is 143 Å². The van der Waals surface area contributed by atoms with Crippen molar-refractivity contribution in [2.45, 2.75) is 32.4 Å². The Kier molecular flexibility index (Phi) is 5.99. The summed E-state index contributed by atoms with van der Waals surface area (Å²) in [4.78, 5) is 6.79. The molecule has 2 heterocycles. The second-order valence-corrected chi connectivity index (χ2v) is 6.65. The second-order valence-electron chi connectivity index (χ2n) is 6.65. The number of likely N-dealkylation sites (tertiary alicyclic amines) is 1. The third kappa shape index (κ3) is 4.65. The van der Waals surface area contributed by atoms with Crippen LogP contribution < -0.4 is 0 Å². The molecular formula is C19H26FN3O. The van der Waals surface area contributed by atoms with Gasteiger partial charge >= 0.3 is 0 Å². The highest BCUT2D eigenvalue weighted by Gasteiger charge is 2.21. The lowest BCUT2D eigenvalue weighted by molar-refractivity contribution is 0.159. The maximum absolute atomic E-state index is 13.0. The van der Waals surface area contributed by atoms with Gasteiger partial charge in [0, 0.05) is 32.9 Å². The van der Waals surface area contributed by atoms with Crippen LogP contribution in [-0.2, 0) is 24.2 Å². The Morgan fingerprint density at radius 1 is 1.29 bits per heavy atom. The predicted octanol–water partition coefficient (Wildman–Crippen LogP) is 3.12. The van der Waals surface area contributed by atoms with Crippen molar-refractivity contribution < 1.29 is 9.13 Å². The van der Waals surface area contributed by atoms with Crippen LogP contribution >= 0.6 is 0 Å². The fourth-order valence-electron chi connectivity index (χ4n) is 3.52. The van der Waals surface area contributed by atoms with Gasteiger partial charge in [-0.3, -0.25) is 4.90 Å². The number of hydrogen-bond donors (Lipinski definition) is 0. The smallest absolute Gasteiger partial charge is 0.123 e. The molecule has 1 aliphatic heterocycles. The Bertz CT molecular complexity index is 626. The number of ether oxygens (including phenoxy) is 1. The van der Waals surface area contributed by atoms with Gasteiger partial charge in [-0.1, -0.05) is 12.1 Å². The molecule has 1 aromatic carbocycles. The molecule has 130 valence electrons. The van der Waals surface area contributed by atoms with Gasteiger partial charge in [0.05, 0.1) is 18.6 Å². The molecule has 1 fully saturated rings. The number of hydrogen-bond acceptors (Lipinski definition) is 3. The molecule has 5 heteroatoms. The van der Waals surface area contributed by atoms with E-state index in [0.29, 0.717) is 12.5 Å². The van der Waals surface area contributed by atoms with Crippen LogP contribution in [0.4, 0.5) is 4.39 Å². The first-order valence-electron chi connectivity index (χ1n) is 8.69. The predicted molar refractivity (Wildman–Crippen MR) is 92.2 cm³/mol. The molecule has 0 N–H and O–H groups in total. The number of halogens is 1. The molecular weight excluding hydrogens is 305 g/mol. The van der Waals surface area contributed by atoms with E-state index in [0.717, 1.165) is 32.6 Å². The van der Waals surface area contributed by atoms with Crippen LogP contribution in [0.1, 0.15) is 24.1 Å². The molecule has 24 heavy (non-hydrogen) atoms. The summed E-state index contributed by atoms with van der Waals surface area (Å²) in [6.07, 6.45) is 7.34. The molecule has 1 aromatic heterocycles. The maximum atomic E-state index is 13.0. The second kappa shape index (κ2) is 8.40. The molecule has 1 atom stereocenters. The van der Waals surface area contributed by atoms with Gasteiger partial charge < -0.3 is 9.30 Å². The van der Waals surface area contributed by atoms with E-state index >= 15 is 0 Å². The zero-order valence-electron chi connectivity index (χ0n) is 14.3. The highest BCUT2D eigenvalue weighted by atomic mass is 19.1. The van der Waals surface area contributed by atoms with Crippen LogP contribution in [0.15, 0.2) is 36.8 Å². The number of methoxy groups -OCH3 is 1. The van der Waals surface area contributed by atoms with Crippen molar-refractivity contribution >= 4 is 0 Å². The normalized spacial score (nSPS) is 18.8. The van der Waals surface area contributed by atoms with Gasteiger partial charge in [0.25, 0.3) is 0 Å². The van der Waals surface area contributed by atoms with Crippen molar-refractivity contribution in [1.82, 2.24) is 14.5 Å². The lowest BCUT2D eigenvalue weighted by Gasteiger charge is -2.33. The van der Waals surface area contributed by atoms with E-state index in [2.05, 4.69) is 14.5 Å². The summed E-state index contributed by atoms with van der Waals surface area (Å²) >= 11 is 0. The molecule has 0 unspecified atom stereocenters. The molecule has 0 saturated carbocycles. The molecule has 2 aromatic rings. The minimum atomic E-state index is -0.159. The van der Waals surface area contributed by atoms with E-state index in [1.54, 1.807) is 19.2 Å². The molecule has 4 nitrogen and oxygen atoms in total. The summed E-state index contributed by atoms with van der Waals surface area (Å²) in [5.41, 5.74) is 2.47. The van der Waals surface area contributed by atoms with E-state index in [1.807, 2.05) is 24.7 Å². The third-order valence-corrected chi connectivity index (χ3v) is 4.76. The lowest BCUT2D eigenvalue weighted by Crippen LogP contribution is -2.36. The summed E-state index contributed by atoms with van der Waals surface area (Å²) in [7, 11) is 1.72. The Balaban J connectivity index is 1.55. The monoisotopic (exact) mass is 331 g/mol. The van der Waals surface area contributed by atoms with E-state index in [-0.39, 0.29) is 5.82 Å². The van der Waals surface area contributed by atoms with Gasteiger partial charge in [-0.2, -0.15) is 0 Å². The zero-order chi connectivity index (χ0) is 16.8. The van der Waals surface area contributed by atoms with Gasteiger partial charge in [-0.05, 0) is 49.4 Å². The van der Waals surface area contributed by atoms with Crippen molar-refractivity contribution in [3.05, 3.63) is 53.9 Å². The zero-order valence-corrected chi connectivity index (χ0v) is 14.3. The molecule has 0 radical (unpaired) electrons. The van der Waals surface area contributed by atoms with E-state index < -0.39 is 0 Å². The van der Waals surface area contributed by atoms with Crippen molar-refractivity contribution in [2.24, 2.45) is 5.92 Å². The molecule has 3 rings (SSSR count). The number of nitrogens with zero attached hydrogens (tertiary/aromatic N) is 3. The van der Waals surface area contributed by atoms with Crippen LogP contribution in [0.2, 0.25) is 0 Å². The van der Waals surface area contributed by atoms with E-state index in [1.165, 1.54) is 24.1 Å². The lowest BCUT2D eigenvalue weighted by atomic mass is 9.91. The van der Waals surface area contributed by atoms with E-state index in [9.17, 15) is 4.39 Å². The average molecular weight is 331 g/mol. The fourth-order valence-corrected chi connectivity index (χ4v) is 3.52. The number of benzene rings is 1. The van der Waals surface area contributed by atoms with Crippen molar-refractivity contribution in [2.75, 3.05) is 26.8 Å². The summed E-state index contributed by atoms with van der Waals surface area (Å²) in [5.74, 6) is 0.480. The summed E-state index contributed by atoms with van der Waals surface area (Å²) in [6, 6.07) is 6.94. The van der Waals surface area contributed by atoms with Crippen LogP contribution in [0, 0.1) is 11.7 Å². The Hall–Kier alpha value is -1.72. The summed E-state index contributed by atoms with van der Waals surface area (Å²) in [5, 5.41) is 0. The van der Waals surface area contributed by atoms with Crippen LogP contribution in [0.3, 0.4) is 0 Å². The molecule has 0 spiro atoms. The van der Waals surface area contributed by atoms with Gasteiger partial charge in [-0.15, -0.1) is 0 Å². The van der Waals surface area contributed by atoms with Gasteiger partial charge in [-0.25, -0.2) is 9.37 Å². The maximum Gasteiger partial charge on any atom is 0.123 e. The SMILES string of the molecule is COCCn1cncc1CN1CCC[C@@H](Cc2ccc(F)cc2)C1. The minimum Gasteiger partial charge on any atom is -0.383 e. The van der Waals surface area contributed by atoms with Crippen LogP contribution in [-0.4, -0.2) is 41.3 Å². The molecule has 0 amide bonds. The third-order valence-electron chi connectivity index (χ3n) is 4.76. The highest BCUT2D eigenvalue weighted by Crippen LogP contribution is 2.22. The minimum absolute atomic E-state index is 0.159. The van der Waals surface area contributed by atoms with Gasteiger partial charge in [0.1, 0.15) is 5.82 Å². The largest absolute Gasteiger partial charge is 0.383 e. The fraction of sp³-hybridized carbons (Fsp3) is 0.526. The molecule has 1 saturated heterocycles. The first-order valence-corrected chi connectivity index (χ1v) is 8.69. The van der Waals surface area contributed by atoms with Crippen LogP contribution in [0.5, 0.6) is 0 Å². The van der Waals surface area contributed by atoms with Crippen molar-refractivity contribution in [3.8, 4) is 0 Å². The number of rotatable bonds is 7. The first kappa shape index (κ1) is 17.1. The number of imidazole rings is 1. The number of aromatic nitrogens is 2. The first-order chi connectivity index (χ1) is 11.7. The van der Waals surface area contributed by atoms with Gasteiger partial charge in [0.2, 0.25) is 0 Å². The molecule has 0 aliphatic carbocycles.